The van der Waals surface area contributed by atoms with E-state index in [2.05, 4.69) is 10.3 Å². The number of carbonyl (C=O) groups excluding carboxylic acids is 1. The highest BCUT2D eigenvalue weighted by Gasteiger charge is 2.35. The Labute approximate surface area is 238 Å². The summed E-state index contributed by atoms with van der Waals surface area (Å²) in [4.78, 5) is 19.1. The number of aliphatic imine (C=N–C) groups is 1. The maximum Gasteiger partial charge on any atom is 0.248 e. The van der Waals surface area contributed by atoms with Crippen LogP contribution in [0.1, 0.15) is 41.5 Å². The molecule has 1 unspecified atom stereocenters. The van der Waals surface area contributed by atoms with Gasteiger partial charge < -0.3 is 19.7 Å². The Morgan fingerprint density at radius 3 is 2.46 bits per heavy atom. The largest absolute Gasteiger partial charge is 0.497 e. The number of piperidine rings is 1. The molecule has 9 nitrogen and oxygen atoms in total. The van der Waals surface area contributed by atoms with Crippen molar-refractivity contribution in [3.05, 3.63) is 58.7 Å². The van der Waals surface area contributed by atoms with Crippen LogP contribution in [0, 0.1) is 13.8 Å². The van der Waals surface area contributed by atoms with Gasteiger partial charge in [0.05, 0.1) is 25.2 Å². The summed E-state index contributed by atoms with van der Waals surface area (Å²) >= 11 is 0. The summed E-state index contributed by atoms with van der Waals surface area (Å²) in [6.07, 6.45) is 2.42. The van der Waals surface area contributed by atoms with Crippen LogP contribution in [-0.2, 0) is 26.1 Å². The van der Waals surface area contributed by atoms with Crippen molar-refractivity contribution in [2.45, 2.75) is 50.6 Å². The molecular weight excluding hydrogens is 540 g/mol. The lowest BCUT2D eigenvalue weighted by molar-refractivity contribution is -0.135. The number of rotatable bonds is 10. The van der Waals surface area contributed by atoms with E-state index in [9.17, 15) is 13.2 Å². The van der Waals surface area contributed by atoms with Gasteiger partial charge in [0.1, 0.15) is 18.2 Å². The summed E-state index contributed by atoms with van der Waals surface area (Å²) in [6, 6.07) is 11.2. The van der Waals surface area contributed by atoms with Crippen molar-refractivity contribution in [2.24, 2.45) is 4.99 Å². The summed E-state index contributed by atoms with van der Waals surface area (Å²) in [6.45, 7) is 6.21. The predicted octanol–water partition coefficient (Wildman–Crippen LogP) is 3.30. The van der Waals surface area contributed by atoms with Gasteiger partial charge >= 0.3 is 0 Å². The SMILES string of the molecule is COc1cc(C)c(S(=O)(=O)N2CCCCC2COCC(=O)N(C)Cc2ccc(C3=NCCN3)cc2)c(C)c1.Cl. The number of hydrogen-bond donors (Lipinski definition) is 1. The molecule has 214 valence electrons. The second kappa shape index (κ2) is 13.6. The van der Waals surface area contributed by atoms with Crippen molar-refractivity contribution in [2.75, 3.05) is 47.0 Å². The molecule has 0 aromatic heterocycles. The summed E-state index contributed by atoms with van der Waals surface area (Å²) in [7, 11) is -0.412. The van der Waals surface area contributed by atoms with Gasteiger partial charge in [-0.3, -0.25) is 9.79 Å². The Kier molecular flexibility index (Phi) is 10.8. The molecule has 1 amide bonds. The molecule has 1 N–H and O–H groups in total. The van der Waals surface area contributed by atoms with Crippen LogP contribution in [0.15, 0.2) is 46.3 Å². The van der Waals surface area contributed by atoms with Crippen LogP contribution < -0.4 is 10.1 Å². The number of nitrogens with one attached hydrogen (secondary N) is 1. The molecule has 11 heteroatoms. The number of halogens is 1. The van der Waals surface area contributed by atoms with Gasteiger partial charge in [0.2, 0.25) is 15.9 Å². The molecule has 2 aromatic carbocycles. The van der Waals surface area contributed by atoms with E-state index >= 15 is 0 Å². The van der Waals surface area contributed by atoms with E-state index in [0.29, 0.717) is 41.3 Å². The third kappa shape index (κ3) is 7.30. The van der Waals surface area contributed by atoms with Gasteiger partial charge in [-0.15, -0.1) is 12.4 Å². The van der Waals surface area contributed by atoms with Gasteiger partial charge in [-0.05, 0) is 55.5 Å². The molecule has 2 aromatic rings. The molecule has 0 saturated carbocycles. The van der Waals surface area contributed by atoms with E-state index in [1.807, 2.05) is 24.3 Å². The maximum absolute atomic E-state index is 13.7. The standard InChI is InChI=1S/C28H38N4O5S.ClH/c1-20-15-25(36-4)16-21(2)27(20)38(34,35)32-14-6-5-7-24(32)18-37-19-26(33)31(3)17-22-8-10-23(11-9-22)28-29-12-13-30-28;/h8-11,15-16,24H,5-7,12-14,17-19H2,1-4H3,(H,29,30);1H. The fraction of sp³-hybridized carbons (Fsp3) is 0.500. The third-order valence-electron chi connectivity index (χ3n) is 7.09. The van der Waals surface area contributed by atoms with Crippen LogP contribution in [0.2, 0.25) is 0 Å². The number of likely N-dealkylation sites (N-methyl/N-ethyl adjacent to an activating group) is 1. The average molecular weight is 579 g/mol. The minimum atomic E-state index is -3.73. The number of aryl methyl sites for hydroxylation is 2. The van der Waals surface area contributed by atoms with Gasteiger partial charge in [-0.1, -0.05) is 30.7 Å². The minimum absolute atomic E-state index is 0. The van der Waals surface area contributed by atoms with Crippen molar-refractivity contribution in [1.82, 2.24) is 14.5 Å². The average Bonchev–Trinajstić information content (AvgIpc) is 3.44. The molecule has 1 fully saturated rings. The van der Waals surface area contributed by atoms with Gasteiger partial charge in [0.25, 0.3) is 0 Å². The van der Waals surface area contributed by atoms with Crippen molar-refractivity contribution in [3.8, 4) is 5.75 Å². The molecule has 2 aliphatic rings. The maximum atomic E-state index is 13.7. The number of hydrogen-bond acceptors (Lipinski definition) is 7. The number of methoxy groups -OCH3 is 1. The van der Waals surface area contributed by atoms with Crippen molar-refractivity contribution >= 4 is 34.2 Å². The zero-order valence-corrected chi connectivity index (χ0v) is 24.7. The number of amidine groups is 1. The molecule has 0 spiro atoms. The zero-order chi connectivity index (χ0) is 27.3. The molecule has 1 atom stereocenters. The quantitative estimate of drug-likeness (QED) is 0.464. The monoisotopic (exact) mass is 578 g/mol. The second-order valence-corrected chi connectivity index (χ2v) is 11.8. The molecular formula is C28H39ClN4O5S. The van der Waals surface area contributed by atoms with Crippen LogP contribution in [0.3, 0.4) is 0 Å². The highest BCUT2D eigenvalue weighted by atomic mass is 35.5. The first-order chi connectivity index (χ1) is 18.2. The predicted molar refractivity (Wildman–Crippen MR) is 154 cm³/mol. The molecule has 4 rings (SSSR count). The fourth-order valence-electron chi connectivity index (χ4n) is 5.12. The Hall–Kier alpha value is -2.66. The fourth-order valence-corrected chi connectivity index (χ4v) is 7.22. The highest BCUT2D eigenvalue weighted by Crippen LogP contribution is 2.32. The van der Waals surface area contributed by atoms with E-state index < -0.39 is 10.0 Å². The van der Waals surface area contributed by atoms with E-state index in [1.165, 1.54) is 0 Å². The van der Waals surface area contributed by atoms with Crippen molar-refractivity contribution in [3.63, 3.8) is 0 Å². The molecule has 39 heavy (non-hydrogen) atoms. The number of carbonyl (C=O) groups is 1. The van der Waals surface area contributed by atoms with Gasteiger partial charge in [0, 0.05) is 38.3 Å². The third-order valence-corrected chi connectivity index (χ3v) is 9.35. The number of ether oxygens (including phenoxy) is 2. The Balaban J connectivity index is 0.00000420. The first-order valence-electron chi connectivity index (χ1n) is 13.1. The van der Waals surface area contributed by atoms with Crippen LogP contribution >= 0.6 is 12.4 Å². The Morgan fingerprint density at radius 1 is 1.15 bits per heavy atom. The van der Waals surface area contributed by atoms with Crippen molar-refractivity contribution < 1.29 is 22.7 Å². The lowest BCUT2D eigenvalue weighted by Gasteiger charge is -2.35. The lowest BCUT2D eigenvalue weighted by atomic mass is 10.1. The van der Waals surface area contributed by atoms with E-state index in [1.54, 1.807) is 49.3 Å². The Morgan fingerprint density at radius 2 is 1.85 bits per heavy atom. The van der Waals surface area contributed by atoms with Gasteiger partial charge in [-0.25, -0.2) is 8.42 Å². The normalized spacial score (nSPS) is 17.6. The molecule has 1 saturated heterocycles. The highest BCUT2D eigenvalue weighted by molar-refractivity contribution is 7.89. The van der Waals surface area contributed by atoms with E-state index in [4.69, 9.17) is 9.47 Å². The van der Waals surface area contributed by atoms with Crippen molar-refractivity contribution in [1.29, 1.82) is 0 Å². The lowest BCUT2D eigenvalue weighted by Crippen LogP contribution is -2.46. The molecule has 2 heterocycles. The van der Waals surface area contributed by atoms with E-state index in [0.717, 1.165) is 42.9 Å². The summed E-state index contributed by atoms with van der Waals surface area (Å²) in [5.41, 5.74) is 3.36. The zero-order valence-electron chi connectivity index (χ0n) is 23.1. The molecule has 0 aliphatic carbocycles. The smallest absolute Gasteiger partial charge is 0.248 e. The minimum Gasteiger partial charge on any atom is -0.497 e. The molecule has 0 radical (unpaired) electrons. The first-order valence-corrected chi connectivity index (χ1v) is 14.5. The summed E-state index contributed by atoms with van der Waals surface area (Å²) in [5, 5.41) is 3.26. The van der Waals surface area contributed by atoms with E-state index in [-0.39, 0.29) is 37.6 Å². The molecule has 2 aliphatic heterocycles. The number of amides is 1. The number of sulfonamides is 1. The van der Waals surface area contributed by atoms with Crippen LogP contribution in [0.4, 0.5) is 0 Å². The number of benzene rings is 2. The van der Waals surface area contributed by atoms with Gasteiger partial charge in [0.15, 0.2) is 0 Å². The van der Waals surface area contributed by atoms with Gasteiger partial charge in [-0.2, -0.15) is 4.31 Å². The summed E-state index contributed by atoms with van der Waals surface area (Å²) < 4.78 is 40.0. The summed E-state index contributed by atoms with van der Waals surface area (Å²) in [5.74, 6) is 1.39. The van der Waals surface area contributed by atoms with Crippen LogP contribution in [0.5, 0.6) is 5.75 Å². The second-order valence-electron chi connectivity index (χ2n) is 9.97. The molecule has 0 bridgehead atoms. The topological polar surface area (TPSA) is 101 Å². The first kappa shape index (κ1) is 30.9. The Bertz CT molecular complexity index is 1260. The number of nitrogens with zero attached hydrogens (tertiary/aromatic N) is 3. The van der Waals surface area contributed by atoms with Crippen LogP contribution in [0.25, 0.3) is 0 Å². The van der Waals surface area contributed by atoms with Crippen LogP contribution in [-0.4, -0.2) is 82.4 Å².